The van der Waals surface area contributed by atoms with E-state index in [4.69, 9.17) is 11.6 Å². The van der Waals surface area contributed by atoms with Crippen molar-refractivity contribution in [3.8, 4) is 0 Å². The molecule has 0 atom stereocenters. The van der Waals surface area contributed by atoms with Crippen molar-refractivity contribution in [1.82, 2.24) is 10.6 Å². The number of carbonyl (C=O) groups excluding carboxylic acids is 2. The third-order valence-electron chi connectivity index (χ3n) is 1.96. The predicted molar refractivity (Wildman–Crippen MR) is 74.9 cm³/mol. The molecule has 0 bridgehead atoms. The lowest BCUT2D eigenvalue weighted by Crippen LogP contribution is -2.38. The molecule has 0 spiro atoms. The Balaban J connectivity index is 2.47. The van der Waals surface area contributed by atoms with E-state index in [1.807, 2.05) is 0 Å². The third kappa shape index (κ3) is 4.93. The molecule has 0 aliphatic rings. The van der Waals surface area contributed by atoms with E-state index in [2.05, 4.69) is 31.9 Å². The third-order valence-corrected chi connectivity index (χ3v) is 2.77. The Hall–Kier alpha value is -1.27. The molecule has 0 radical (unpaired) electrons. The molecule has 1 aromatic rings. The smallest absolute Gasteiger partial charge is 0.319 e. The molecule has 0 aliphatic carbocycles. The molecule has 1 aromatic carbocycles. The van der Waals surface area contributed by atoms with Crippen molar-refractivity contribution in [3.63, 3.8) is 0 Å². The number of likely N-dealkylation sites (N-methyl/N-ethyl adjacent to an activating group) is 1. The quantitative estimate of drug-likeness (QED) is 0.791. The molecule has 18 heavy (non-hydrogen) atoms. The number of halogens is 2. The van der Waals surface area contributed by atoms with Crippen molar-refractivity contribution < 1.29 is 9.59 Å². The number of urea groups is 1. The molecule has 0 saturated heterocycles. The van der Waals surface area contributed by atoms with Crippen LogP contribution in [0.25, 0.3) is 0 Å². The zero-order valence-corrected chi connectivity index (χ0v) is 12.1. The van der Waals surface area contributed by atoms with Crippen molar-refractivity contribution in [2.75, 3.05) is 18.4 Å². The van der Waals surface area contributed by atoms with E-state index in [0.29, 0.717) is 17.3 Å². The minimum Gasteiger partial charge on any atom is -0.355 e. The highest BCUT2D eigenvalue weighted by molar-refractivity contribution is 9.10. The maximum Gasteiger partial charge on any atom is 0.319 e. The van der Waals surface area contributed by atoms with Crippen LogP contribution in [0.2, 0.25) is 5.02 Å². The van der Waals surface area contributed by atoms with E-state index in [1.54, 1.807) is 25.1 Å². The zero-order chi connectivity index (χ0) is 13.5. The van der Waals surface area contributed by atoms with Crippen LogP contribution in [0.3, 0.4) is 0 Å². The number of benzene rings is 1. The van der Waals surface area contributed by atoms with Crippen molar-refractivity contribution in [2.45, 2.75) is 6.92 Å². The predicted octanol–water partition coefficient (Wildman–Crippen LogP) is 2.36. The minimum absolute atomic E-state index is 0.0756. The molecular formula is C11H13BrClN3O2. The summed E-state index contributed by atoms with van der Waals surface area (Å²) in [7, 11) is 0. The standard InChI is InChI=1S/C11H13BrClN3O2/c1-2-14-10(17)6-15-11(18)16-9-4-3-7(12)5-8(9)13/h3-5H,2,6H2,1H3,(H,14,17)(H2,15,16,18). The summed E-state index contributed by atoms with van der Waals surface area (Å²) < 4.78 is 0.820. The first-order valence-electron chi connectivity index (χ1n) is 5.29. The summed E-state index contributed by atoms with van der Waals surface area (Å²) in [5.41, 5.74) is 0.480. The van der Waals surface area contributed by atoms with Gasteiger partial charge < -0.3 is 16.0 Å². The number of hydrogen-bond acceptors (Lipinski definition) is 2. The summed E-state index contributed by atoms with van der Waals surface area (Å²) in [5.74, 6) is -0.241. The highest BCUT2D eigenvalue weighted by atomic mass is 79.9. The van der Waals surface area contributed by atoms with E-state index in [1.165, 1.54) is 0 Å². The lowest BCUT2D eigenvalue weighted by atomic mass is 10.3. The van der Waals surface area contributed by atoms with Crippen LogP contribution >= 0.6 is 27.5 Å². The van der Waals surface area contributed by atoms with Crippen molar-refractivity contribution in [2.24, 2.45) is 0 Å². The summed E-state index contributed by atoms with van der Waals surface area (Å²) in [6.45, 7) is 2.26. The van der Waals surface area contributed by atoms with Gasteiger partial charge in [-0.1, -0.05) is 27.5 Å². The maximum absolute atomic E-state index is 11.5. The summed E-state index contributed by atoms with van der Waals surface area (Å²) in [6, 6.07) is 4.61. The Morgan fingerprint density at radius 2 is 2.06 bits per heavy atom. The molecule has 3 amide bonds. The second-order valence-corrected chi connectivity index (χ2v) is 4.71. The second kappa shape index (κ2) is 7.23. The van der Waals surface area contributed by atoms with Gasteiger partial charge in [0.2, 0.25) is 5.91 Å². The molecule has 0 heterocycles. The highest BCUT2D eigenvalue weighted by Gasteiger charge is 2.07. The topological polar surface area (TPSA) is 70.2 Å². The SMILES string of the molecule is CCNC(=O)CNC(=O)Nc1ccc(Br)cc1Cl. The van der Waals surface area contributed by atoms with Crippen LogP contribution in [0.15, 0.2) is 22.7 Å². The normalized spacial score (nSPS) is 9.72. The fourth-order valence-electron chi connectivity index (χ4n) is 1.18. The lowest BCUT2D eigenvalue weighted by molar-refractivity contribution is -0.119. The number of hydrogen-bond donors (Lipinski definition) is 3. The van der Waals surface area contributed by atoms with E-state index in [0.717, 1.165) is 4.47 Å². The average Bonchev–Trinajstić information content (AvgIpc) is 2.31. The van der Waals surface area contributed by atoms with Crippen molar-refractivity contribution in [3.05, 3.63) is 27.7 Å². The van der Waals surface area contributed by atoms with Gasteiger partial charge in [-0.25, -0.2) is 4.79 Å². The van der Waals surface area contributed by atoms with Gasteiger partial charge in [0.25, 0.3) is 0 Å². The van der Waals surface area contributed by atoms with Gasteiger partial charge >= 0.3 is 6.03 Å². The fourth-order valence-corrected chi connectivity index (χ4v) is 1.90. The molecule has 98 valence electrons. The molecule has 5 nitrogen and oxygen atoms in total. The number of nitrogens with one attached hydrogen (secondary N) is 3. The molecule has 1 rings (SSSR count). The average molecular weight is 335 g/mol. The molecule has 0 aliphatic heterocycles. The molecular weight excluding hydrogens is 321 g/mol. The number of rotatable bonds is 4. The van der Waals surface area contributed by atoms with Gasteiger partial charge in [0.15, 0.2) is 0 Å². The van der Waals surface area contributed by atoms with E-state index < -0.39 is 6.03 Å². The van der Waals surface area contributed by atoms with Gasteiger partial charge in [-0.3, -0.25) is 4.79 Å². The Bertz CT molecular complexity index is 454. The Kier molecular flexibility index (Phi) is 5.94. The monoisotopic (exact) mass is 333 g/mol. The van der Waals surface area contributed by atoms with E-state index in [9.17, 15) is 9.59 Å². The number of amides is 3. The molecule has 7 heteroatoms. The molecule has 0 unspecified atom stereocenters. The first-order chi connectivity index (χ1) is 8.52. The molecule has 3 N–H and O–H groups in total. The van der Waals surface area contributed by atoms with Crippen molar-refractivity contribution >= 4 is 45.2 Å². The van der Waals surface area contributed by atoms with E-state index in [-0.39, 0.29) is 12.5 Å². The van der Waals surface area contributed by atoms with Gasteiger partial charge in [-0.05, 0) is 25.1 Å². The van der Waals surface area contributed by atoms with Crippen LogP contribution in [0.4, 0.5) is 10.5 Å². The zero-order valence-electron chi connectivity index (χ0n) is 9.72. The Morgan fingerprint density at radius 3 is 2.67 bits per heavy atom. The summed E-state index contributed by atoms with van der Waals surface area (Å²) >= 11 is 9.20. The molecule has 0 aromatic heterocycles. The molecule has 0 fully saturated rings. The van der Waals surface area contributed by atoms with Crippen LogP contribution in [0, 0.1) is 0 Å². The van der Waals surface area contributed by atoms with Crippen LogP contribution in [-0.4, -0.2) is 25.0 Å². The first-order valence-corrected chi connectivity index (χ1v) is 6.46. The van der Waals surface area contributed by atoms with Crippen LogP contribution in [-0.2, 0) is 4.79 Å². The number of carbonyl (C=O) groups is 2. The Morgan fingerprint density at radius 1 is 1.33 bits per heavy atom. The van der Waals surface area contributed by atoms with Crippen LogP contribution < -0.4 is 16.0 Å². The highest BCUT2D eigenvalue weighted by Crippen LogP contribution is 2.25. The van der Waals surface area contributed by atoms with Gasteiger partial charge in [0.1, 0.15) is 0 Å². The summed E-state index contributed by atoms with van der Waals surface area (Å²) in [4.78, 5) is 22.6. The molecule has 0 saturated carbocycles. The van der Waals surface area contributed by atoms with Crippen LogP contribution in [0.5, 0.6) is 0 Å². The van der Waals surface area contributed by atoms with Crippen molar-refractivity contribution in [1.29, 1.82) is 0 Å². The minimum atomic E-state index is -0.481. The number of anilines is 1. The van der Waals surface area contributed by atoms with E-state index >= 15 is 0 Å². The van der Waals surface area contributed by atoms with Gasteiger partial charge in [0.05, 0.1) is 17.3 Å². The first kappa shape index (κ1) is 14.8. The van der Waals surface area contributed by atoms with Crippen LogP contribution in [0.1, 0.15) is 6.92 Å². The second-order valence-electron chi connectivity index (χ2n) is 3.39. The Labute approximate surface area is 118 Å². The van der Waals surface area contributed by atoms with Gasteiger partial charge in [-0.15, -0.1) is 0 Å². The maximum atomic E-state index is 11.5. The fraction of sp³-hybridized carbons (Fsp3) is 0.273. The summed E-state index contributed by atoms with van der Waals surface area (Å²) in [6.07, 6.45) is 0. The lowest BCUT2D eigenvalue weighted by Gasteiger charge is -2.09. The van der Waals surface area contributed by atoms with Gasteiger partial charge in [-0.2, -0.15) is 0 Å². The van der Waals surface area contributed by atoms with Gasteiger partial charge in [0, 0.05) is 11.0 Å². The summed E-state index contributed by atoms with van der Waals surface area (Å²) in [5, 5.41) is 7.96. The largest absolute Gasteiger partial charge is 0.355 e.